The first kappa shape index (κ1) is 11.8. The van der Waals surface area contributed by atoms with Crippen molar-refractivity contribution in [3.8, 4) is 11.3 Å². The van der Waals surface area contributed by atoms with E-state index in [1.807, 2.05) is 30.5 Å². The third-order valence-electron chi connectivity index (χ3n) is 3.67. The summed E-state index contributed by atoms with van der Waals surface area (Å²) in [5.41, 5.74) is 8.06. The summed E-state index contributed by atoms with van der Waals surface area (Å²) in [6, 6.07) is 7.70. The van der Waals surface area contributed by atoms with Crippen molar-refractivity contribution in [3.05, 3.63) is 41.3 Å². The highest BCUT2D eigenvalue weighted by atomic mass is 35.5. The molecule has 0 aliphatic heterocycles. The number of nitrogens with zero attached hydrogens (tertiary/aromatic N) is 1. The van der Waals surface area contributed by atoms with Crippen LogP contribution in [0.1, 0.15) is 25.6 Å². The van der Waals surface area contributed by atoms with Gasteiger partial charge in [-0.25, -0.2) is 4.98 Å². The van der Waals surface area contributed by atoms with Crippen molar-refractivity contribution in [1.82, 2.24) is 9.97 Å². The Bertz CT molecular complexity index is 553. The van der Waals surface area contributed by atoms with Gasteiger partial charge in [0.25, 0.3) is 0 Å². The van der Waals surface area contributed by atoms with E-state index >= 15 is 0 Å². The summed E-state index contributed by atoms with van der Waals surface area (Å²) in [4.78, 5) is 7.77. The molecule has 1 fully saturated rings. The molecule has 2 aromatic rings. The third kappa shape index (κ3) is 2.04. The number of imidazole rings is 1. The zero-order chi connectivity index (χ0) is 12.8. The smallest absolute Gasteiger partial charge is 0.126 e. The topological polar surface area (TPSA) is 54.7 Å². The number of halogens is 1. The standard InChI is InChI=1S/C14H16ClN3/c1-14(16,10-4-5-10)13-17-8-12(18-13)9-2-6-11(15)7-3-9/h2-3,6-8,10H,4-5,16H2,1H3,(H,17,18). The van der Waals surface area contributed by atoms with Crippen LogP contribution in [0.5, 0.6) is 0 Å². The number of nitrogens with one attached hydrogen (secondary N) is 1. The van der Waals surface area contributed by atoms with Crippen LogP contribution in [0.3, 0.4) is 0 Å². The minimum Gasteiger partial charge on any atom is -0.340 e. The molecule has 3 nitrogen and oxygen atoms in total. The molecule has 1 aliphatic carbocycles. The summed E-state index contributed by atoms with van der Waals surface area (Å²) in [6.07, 6.45) is 4.24. The van der Waals surface area contributed by atoms with Crippen molar-refractivity contribution < 1.29 is 0 Å². The monoisotopic (exact) mass is 261 g/mol. The molecule has 1 aliphatic rings. The van der Waals surface area contributed by atoms with E-state index in [0.29, 0.717) is 5.92 Å². The summed E-state index contributed by atoms with van der Waals surface area (Å²) in [5.74, 6) is 1.43. The normalized spacial score (nSPS) is 18.6. The lowest BCUT2D eigenvalue weighted by atomic mass is 9.97. The van der Waals surface area contributed by atoms with E-state index in [1.165, 1.54) is 12.8 Å². The Kier molecular flexibility index (Phi) is 2.68. The lowest BCUT2D eigenvalue weighted by Gasteiger charge is -2.21. The molecule has 1 aromatic carbocycles. The van der Waals surface area contributed by atoms with Gasteiger partial charge in [0.05, 0.1) is 17.4 Å². The second kappa shape index (κ2) is 4.11. The van der Waals surface area contributed by atoms with Crippen molar-refractivity contribution >= 4 is 11.6 Å². The molecular formula is C14H16ClN3. The average molecular weight is 262 g/mol. The van der Waals surface area contributed by atoms with Gasteiger partial charge in [0.2, 0.25) is 0 Å². The number of hydrogen-bond donors (Lipinski definition) is 2. The minimum atomic E-state index is -0.343. The Morgan fingerprint density at radius 2 is 2.00 bits per heavy atom. The van der Waals surface area contributed by atoms with Gasteiger partial charge in [-0.15, -0.1) is 0 Å². The van der Waals surface area contributed by atoms with Crippen LogP contribution in [0.25, 0.3) is 11.3 Å². The molecule has 1 heterocycles. The fraction of sp³-hybridized carbons (Fsp3) is 0.357. The highest BCUT2D eigenvalue weighted by Crippen LogP contribution is 2.43. The van der Waals surface area contributed by atoms with Gasteiger partial charge in [0.15, 0.2) is 0 Å². The van der Waals surface area contributed by atoms with Crippen LogP contribution in [0, 0.1) is 5.92 Å². The van der Waals surface area contributed by atoms with E-state index in [9.17, 15) is 0 Å². The van der Waals surface area contributed by atoms with Gasteiger partial charge in [0.1, 0.15) is 5.82 Å². The third-order valence-corrected chi connectivity index (χ3v) is 3.92. The van der Waals surface area contributed by atoms with Crippen molar-refractivity contribution in [3.63, 3.8) is 0 Å². The largest absolute Gasteiger partial charge is 0.340 e. The number of hydrogen-bond acceptors (Lipinski definition) is 2. The van der Waals surface area contributed by atoms with Gasteiger partial charge >= 0.3 is 0 Å². The molecule has 0 spiro atoms. The quantitative estimate of drug-likeness (QED) is 0.891. The zero-order valence-electron chi connectivity index (χ0n) is 10.3. The highest BCUT2D eigenvalue weighted by Gasteiger charge is 2.41. The van der Waals surface area contributed by atoms with Crippen LogP contribution >= 0.6 is 11.6 Å². The predicted octanol–water partition coefficient (Wildman–Crippen LogP) is 3.31. The molecule has 1 aromatic heterocycles. The maximum Gasteiger partial charge on any atom is 0.126 e. The fourth-order valence-corrected chi connectivity index (χ4v) is 2.37. The number of benzene rings is 1. The Balaban J connectivity index is 1.91. The summed E-state index contributed by atoms with van der Waals surface area (Å²) < 4.78 is 0. The highest BCUT2D eigenvalue weighted by molar-refractivity contribution is 6.30. The van der Waals surface area contributed by atoms with E-state index in [1.54, 1.807) is 0 Å². The summed E-state index contributed by atoms with van der Waals surface area (Å²) in [5, 5.41) is 0.736. The van der Waals surface area contributed by atoms with Gasteiger partial charge in [0, 0.05) is 5.02 Å². The van der Waals surface area contributed by atoms with Crippen LogP contribution in [0.15, 0.2) is 30.5 Å². The molecule has 3 N–H and O–H groups in total. The maximum absolute atomic E-state index is 6.34. The zero-order valence-corrected chi connectivity index (χ0v) is 11.0. The van der Waals surface area contributed by atoms with E-state index in [0.717, 1.165) is 22.1 Å². The van der Waals surface area contributed by atoms with Crippen LogP contribution in [-0.4, -0.2) is 9.97 Å². The van der Waals surface area contributed by atoms with E-state index in [-0.39, 0.29) is 5.54 Å². The molecular weight excluding hydrogens is 246 g/mol. The minimum absolute atomic E-state index is 0.343. The molecule has 0 saturated heterocycles. The SMILES string of the molecule is CC(N)(c1ncc(-c2ccc(Cl)cc2)[nH]1)C1CC1. The Morgan fingerprint density at radius 3 is 2.61 bits per heavy atom. The first-order valence-electron chi connectivity index (χ1n) is 6.17. The summed E-state index contributed by atoms with van der Waals surface area (Å²) >= 11 is 5.88. The first-order valence-corrected chi connectivity index (χ1v) is 6.55. The molecule has 0 bridgehead atoms. The molecule has 3 rings (SSSR count). The number of nitrogens with two attached hydrogens (primary N) is 1. The molecule has 1 unspecified atom stereocenters. The summed E-state index contributed by atoms with van der Waals surface area (Å²) in [7, 11) is 0. The van der Waals surface area contributed by atoms with Gasteiger partial charge in [-0.05, 0) is 43.4 Å². The molecule has 1 atom stereocenters. The van der Waals surface area contributed by atoms with Gasteiger partial charge in [-0.1, -0.05) is 23.7 Å². The molecule has 18 heavy (non-hydrogen) atoms. The number of rotatable bonds is 3. The first-order chi connectivity index (χ1) is 8.57. The van der Waals surface area contributed by atoms with E-state index < -0.39 is 0 Å². The maximum atomic E-state index is 6.34. The second-order valence-electron chi connectivity index (χ2n) is 5.21. The van der Waals surface area contributed by atoms with Crippen LogP contribution in [-0.2, 0) is 5.54 Å². The molecule has 94 valence electrons. The lowest BCUT2D eigenvalue weighted by Crippen LogP contribution is -2.36. The van der Waals surface area contributed by atoms with E-state index in [4.69, 9.17) is 17.3 Å². The summed E-state index contributed by atoms with van der Waals surface area (Å²) in [6.45, 7) is 2.05. The van der Waals surface area contributed by atoms with Crippen LogP contribution in [0.2, 0.25) is 5.02 Å². The van der Waals surface area contributed by atoms with Gasteiger partial charge in [-0.3, -0.25) is 0 Å². The van der Waals surface area contributed by atoms with Crippen LogP contribution in [0.4, 0.5) is 0 Å². The Labute approximate surface area is 111 Å². The van der Waals surface area contributed by atoms with Crippen molar-refractivity contribution in [2.75, 3.05) is 0 Å². The van der Waals surface area contributed by atoms with Crippen LogP contribution < -0.4 is 5.73 Å². The van der Waals surface area contributed by atoms with Gasteiger partial charge in [-0.2, -0.15) is 0 Å². The van der Waals surface area contributed by atoms with Crippen molar-refractivity contribution in [2.45, 2.75) is 25.3 Å². The number of H-pyrrole nitrogens is 1. The molecule has 0 amide bonds. The fourth-order valence-electron chi connectivity index (χ4n) is 2.25. The number of aromatic nitrogens is 2. The van der Waals surface area contributed by atoms with Gasteiger partial charge < -0.3 is 10.7 Å². The average Bonchev–Trinajstić information content (AvgIpc) is 3.09. The number of aromatic amines is 1. The lowest BCUT2D eigenvalue weighted by molar-refractivity contribution is 0.404. The van der Waals surface area contributed by atoms with Crippen molar-refractivity contribution in [1.29, 1.82) is 0 Å². The van der Waals surface area contributed by atoms with Crippen molar-refractivity contribution in [2.24, 2.45) is 11.7 Å². The molecule has 1 saturated carbocycles. The Morgan fingerprint density at radius 1 is 1.33 bits per heavy atom. The molecule has 4 heteroatoms. The molecule has 0 radical (unpaired) electrons. The predicted molar refractivity (Wildman–Crippen MR) is 73.3 cm³/mol. The second-order valence-corrected chi connectivity index (χ2v) is 5.65. The van der Waals surface area contributed by atoms with E-state index in [2.05, 4.69) is 16.9 Å². The Hall–Kier alpha value is -1.32.